The summed E-state index contributed by atoms with van der Waals surface area (Å²) in [6.07, 6.45) is -2.66. The molecule has 1 aromatic rings. The zero-order chi connectivity index (χ0) is 38.3. The Bertz CT molecular complexity index is 1710. The van der Waals surface area contributed by atoms with Crippen LogP contribution in [0.2, 0.25) is 0 Å². The van der Waals surface area contributed by atoms with Gasteiger partial charge < -0.3 is 45.2 Å². The molecule has 0 radical (unpaired) electrons. The molecule has 0 saturated carbocycles. The number of hydrogen-bond donors (Lipinski definition) is 9. The molecule has 0 spiro atoms. The molecule has 4 rings (SSSR count). The van der Waals surface area contributed by atoms with Gasteiger partial charge in [-0.1, -0.05) is 12.8 Å². The van der Waals surface area contributed by atoms with E-state index in [9.17, 15) is 62.6 Å². The molecule has 294 valence electrons. The maximum Gasteiger partial charge on any atom is 0.538 e. The Kier molecular flexibility index (Phi) is 14.9. The summed E-state index contributed by atoms with van der Waals surface area (Å²) >= 11 is 1.80. The van der Waals surface area contributed by atoms with Gasteiger partial charge in [-0.05, 0) is 25.7 Å². The van der Waals surface area contributed by atoms with Crippen molar-refractivity contribution in [1.29, 1.82) is 0 Å². The van der Waals surface area contributed by atoms with Crippen molar-refractivity contribution in [2.24, 2.45) is 0 Å². The molecule has 9 N–H and O–H groups in total. The summed E-state index contributed by atoms with van der Waals surface area (Å²) in [7, 11) is -17.3. The van der Waals surface area contributed by atoms with E-state index in [1.807, 2.05) is 4.98 Å². The summed E-state index contributed by atoms with van der Waals surface area (Å²) in [5, 5.41) is 29.3. The van der Waals surface area contributed by atoms with Crippen LogP contribution in [0.5, 0.6) is 0 Å². The third-order valence-electron chi connectivity index (χ3n) is 7.95. The topological polar surface area (TPSA) is 341 Å². The summed E-state index contributed by atoms with van der Waals surface area (Å²) in [6.45, 7) is -0.788. The number of aromatic amines is 1. The zero-order valence-electron chi connectivity index (χ0n) is 27.2. The van der Waals surface area contributed by atoms with Crippen molar-refractivity contribution in [2.75, 3.05) is 18.9 Å². The summed E-state index contributed by atoms with van der Waals surface area (Å²) in [5.74, 6) is -0.600. The number of urea groups is 1. The Morgan fingerprint density at radius 3 is 2.38 bits per heavy atom. The minimum absolute atomic E-state index is 0.111. The van der Waals surface area contributed by atoms with Gasteiger partial charge in [-0.3, -0.25) is 33.4 Å². The van der Waals surface area contributed by atoms with E-state index in [-0.39, 0.29) is 30.4 Å². The highest BCUT2D eigenvalue weighted by Gasteiger charge is 2.48. The molecule has 3 amide bonds. The van der Waals surface area contributed by atoms with E-state index in [0.29, 0.717) is 42.0 Å². The second kappa shape index (κ2) is 18.3. The fourth-order valence-electron chi connectivity index (χ4n) is 5.54. The van der Waals surface area contributed by atoms with Gasteiger partial charge in [-0.15, -0.1) is 0 Å². The first kappa shape index (κ1) is 42.3. The van der Waals surface area contributed by atoms with E-state index in [4.69, 9.17) is 4.74 Å². The summed E-state index contributed by atoms with van der Waals surface area (Å²) in [4.78, 5) is 90.0. The van der Waals surface area contributed by atoms with Gasteiger partial charge in [-0.2, -0.15) is 20.4 Å². The Morgan fingerprint density at radius 2 is 1.65 bits per heavy atom. The molecule has 0 aromatic carbocycles. The number of nitrogens with one attached hydrogen (secondary N) is 4. The first-order valence-corrected chi connectivity index (χ1v) is 21.4. The lowest BCUT2D eigenvalue weighted by Gasteiger charge is -2.20. The number of aromatic nitrogens is 2. The number of amides is 3. The minimum Gasteiger partial charge on any atom is -0.387 e. The summed E-state index contributed by atoms with van der Waals surface area (Å²) < 4.78 is 58.9. The average molecular weight is 824 g/mol. The Labute approximate surface area is 298 Å². The van der Waals surface area contributed by atoms with Crippen molar-refractivity contribution in [3.05, 3.63) is 33.1 Å². The predicted octanol–water partition coefficient (Wildman–Crippen LogP) is -0.548. The van der Waals surface area contributed by atoms with Crippen LogP contribution in [-0.4, -0.2) is 107 Å². The quantitative estimate of drug-likeness (QED) is 0.0452. The van der Waals surface area contributed by atoms with E-state index in [0.717, 1.165) is 30.9 Å². The number of unbranched alkanes of at least 4 members (excludes halogenated alkanes) is 3. The summed E-state index contributed by atoms with van der Waals surface area (Å²) in [5.41, 5.74) is -1.79. The van der Waals surface area contributed by atoms with E-state index >= 15 is 0 Å². The Hall–Kier alpha value is -2.43. The maximum atomic E-state index is 12.2. The highest BCUT2D eigenvalue weighted by molar-refractivity contribution is 8.00. The number of rotatable bonds is 20. The van der Waals surface area contributed by atoms with Crippen LogP contribution in [0.3, 0.4) is 0 Å². The van der Waals surface area contributed by atoms with Gasteiger partial charge in [0.1, 0.15) is 18.3 Å². The van der Waals surface area contributed by atoms with Gasteiger partial charge in [0.2, 0.25) is 5.91 Å². The second-order valence-electron chi connectivity index (χ2n) is 11.9. The van der Waals surface area contributed by atoms with Crippen molar-refractivity contribution in [2.45, 2.75) is 93.2 Å². The number of aliphatic hydroxyl groups is 2. The molecule has 52 heavy (non-hydrogen) atoms. The van der Waals surface area contributed by atoms with Gasteiger partial charge in [0.05, 0.1) is 18.7 Å². The summed E-state index contributed by atoms with van der Waals surface area (Å²) in [6, 6.07) is 1.02. The van der Waals surface area contributed by atoms with Gasteiger partial charge >= 0.3 is 41.2 Å². The number of nitrogens with zero attached hydrogens (tertiary/aromatic N) is 1. The minimum atomic E-state index is -5.94. The van der Waals surface area contributed by atoms with Crippen LogP contribution in [0, 0.1) is 0 Å². The molecule has 27 heteroatoms. The molecule has 3 aliphatic rings. The molecule has 10 atom stereocenters. The largest absolute Gasteiger partial charge is 0.538 e. The van der Waals surface area contributed by atoms with Crippen LogP contribution < -0.4 is 27.2 Å². The van der Waals surface area contributed by atoms with Crippen molar-refractivity contribution in [3.8, 4) is 0 Å². The number of hydrogen-bond acceptors (Lipinski definition) is 16. The number of H-pyrrole nitrogens is 1. The zero-order valence-corrected chi connectivity index (χ0v) is 30.7. The van der Waals surface area contributed by atoms with Crippen LogP contribution in [-0.2, 0) is 45.7 Å². The van der Waals surface area contributed by atoms with Crippen molar-refractivity contribution < 1.29 is 75.4 Å². The number of aliphatic hydroxyl groups excluding tert-OH is 2. The molecule has 4 heterocycles. The van der Waals surface area contributed by atoms with Gasteiger partial charge in [0, 0.05) is 42.7 Å². The molecule has 3 saturated heterocycles. The second-order valence-corrected chi connectivity index (χ2v) is 17.8. The van der Waals surface area contributed by atoms with Gasteiger partial charge in [0.25, 0.3) is 5.56 Å². The number of ether oxygens (including phenoxy) is 1. The SMILES string of the molecule is O=C(CCCCC1SCC2NC(=O)NC21)NCCCCCC(=O)OP(=O)(O)OP(=O)(O)OP(=O)(O)OC[C@H]1O[C@@H](n2ccc(=O)[nH]c2=O)C(O)[C@H]1O. The number of thioether (sulfide) groups is 1. The van der Waals surface area contributed by atoms with Crippen molar-refractivity contribution in [3.63, 3.8) is 0 Å². The molecule has 7 unspecified atom stereocenters. The molecular weight excluding hydrogens is 783 g/mol. The first-order valence-electron chi connectivity index (χ1n) is 15.9. The highest BCUT2D eigenvalue weighted by Crippen LogP contribution is 2.67. The fraction of sp³-hybridized carbons (Fsp3) is 0.720. The Morgan fingerprint density at radius 1 is 0.942 bits per heavy atom. The number of carbonyl (C=O) groups excluding carboxylic acids is 3. The van der Waals surface area contributed by atoms with Gasteiger partial charge in [-0.25, -0.2) is 23.3 Å². The average Bonchev–Trinajstić information content (AvgIpc) is 3.66. The van der Waals surface area contributed by atoms with E-state index < -0.39 is 78.3 Å². The van der Waals surface area contributed by atoms with Crippen LogP contribution >= 0.6 is 35.2 Å². The molecule has 3 fully saturated rings. The molecule has 0 aliphatic carbocycles. The van der Waals surface area contributed by atoms with E-state index in [1.165, 1.54) is 0 Å². The molecule has 23 nitrogen and oxygen atoms in total. The molecule has 0 bridgehead atoms. The number of phosphoric ester groups is 2. The van der Waals surface area contributed by atoms with Crippen LogP contribution in [0.4, 0.5) is 4.79 Å². The van der Waals surface area contributed by atoms with E-state index in [2.05, 4.69) is 33.6 Å². The normalized spacial score (nSPS) is 28.9. The van der Waals surface area contributed by atoms with E-state index in [1.54, 1.807) is 11.8 Å². The van der Waals surface area contributed by atoms with Crippen LogP contribution in [0.15, 0.2) is 21.9 Å². The van der Waals surface area contributed by atoms with Crippen molar-refractivity contribution in [1.82, 2.24) is 25.5 Å². The smallest absolute Gasteiger partial charge is 0.387 e. The number of carbonyl (C=O) groups is 3. The maximum absolute atomic E-state index is 12.2. The van der Waals surface area contributed by atoms with Crippen LogP contribution in [0.1, 0.15) is 57.6 Å². The molecular formula is C25H40N5O18P3S. The molecule has 1 aromatic heterocycles. The standard InChI is InChI=1S/C25H40N5O18P3S/c31-17(7-4-3-6-16-20-14(13-52-16)27-24(36)29-20)26-10-5-1-2-8-19(33)46-50(40,41)48-51(42,43)47-49(38,39)44-12-15-21(34)22(35)23(45-15)30-11-9-18(32)28-25(30)37/h9,11,14-16,20-23,34-35H,1-8,10,12-13H2,(H,26,31)(H,38,39)(H,40,41)(H,42,43)(H2,27,29,36)(H,28,32,37)/t14?,15-,16?,20?,21+,22?,23-/m1/s1. The fourth-order valence-corrected chi connectivity index (χ4v) is 10.6. The molecule has 3 aliphatic heterocycles. The number of phosphoric acid groups is 3. The Balaban J connectivity index is 1.08. The highest BCUT2D eigenvalue weighted by atomic mass is 32.2. The third kappa shape index (κ3) is 12.6. The predicted molar refractivity (Wildman–Crippen MR) is 176 cm³/mol. The first-order chi connectivity index (χ1) is 24.3. The monoisotopic (exact) mass is 823 g/mol. The van der Waals surface area contributed by atoms with Crippen molar-refractivity contribution >= 4 is 53.1 Å². The van der Waals surface area contributed by atoms with Crippen LogP contribution in [0.25, 0.3) is 0 Å². The van der Waals surface area contributed by atoms with Gasteiger partial charge in [0.15, 0.2) is 6.23 Å². The third-order valence-corrected chi connectivity index (χ3v) is 13.7. The lowest BCUT2D eigenvalue weighted by Crippen LogP contribution is -2.37. The lowest BCUT2D eigenvalue weighted by molar-refractivity contribution is -0.135. The number of fused-ring (bicyclic) bond motifs is 1. The lowest BCUT2D eigenvalue weighted by atomic mass is 10.0.